The second-order valence-electron chi connectivity index (χ2n) is 3.89. The van der Waals surface area contributed by atoms with E-state index >= 15 is 0 Å². The van der Waals surface area contributed by atoms with E-state index in [0.29, 0.717) is 10.9 Å². The van der Waals surface area contributed by atoms with Crippen LogP contribution in [0.4, 0.5) is 4.39 Å². The van der Waals surface area contributed by atoms with Gasteiger partial charge in [-0.25, -0.2) is 9.18 Å². The molecule has 1 aromatic rings. The van der Waals surface area contributed by atoms with E-state index < -0.39 is 17.4 Å². The highest BCUT2D eigenvalue weighted by Crippen LogP contribution is 2.30. The van der Waals surface area contributed by atoms with Crippen LogP contribution in [-0.4, -0.2) is 29.4 Å². The van der Waals surface area contributed by atoms with Crippen molar-refractivity contribution in [2.24, 2.45) is 0 Å². The molecule has 4 nitrogen and oxygen atoms in total. The van der Waals surface area contributed by atoms with Crippen molar-refractivity contribution in [1.29, 1.82) is 0 Å². The number of carbonyl (C=O) groups is 1. The topological polar surface area (TPSA) is 66.8 Å². The van der Waals surface area contributed by atoms with E-state index in [-0.39, 0.29) is 18.8 Å². The Morgan fingerprint density at radius 3 is 2.72 bits per heavy atom. The maximum absolute atomic E-state index is 13.8. The molecular formula is C12H14BrFO4. The lowest BCUT2D eigenvalue weighted by atomic mass is 9.95. The molecule has 0 spiro atoms. The van der Waals surface area contributed by atoms with Crippen LogP contribution in [0.5, 0.6) is 0 Å². The third-order valence-electron chi connectivity index (χ3n) is 2.55. The fourth-order valence-corrected chi connectivity index (χ4v) is 1.81. The highest BCUT2D eigenvalue weighted by molar-refractivity contribution is 9.10. The molecule has 0 amide bonds. The van der Waals surface area contributed by atoms with Gasteiger partial charge in [0.05, 0.1) is 6.61 Å². The predicted molar refractivity (Wildman–Crippen MR) is 66.7 cm³/mol. The van der Waals surface area contributed by atoms with E-state index in [1.165, 1.54) is 19.1 Å². The first kappa shape index (κ1) is 15.1. The van der Waals surface area contributed by atoms with Crippen LogP contribution >= 0.6 is 15.9 Å². The monoisotopic (exact) mass is 320 g/mol. The van der Waals surface area contributed by atoms with Gasteiger partial charge in [0.2, 0.25) is 0 Å². The lowest BCUT2D eigenvalue weighted by Gasteiger charge is -2.26. The number of aliphatic hydroxyl groups is 1. The van der Waals surface area contributed by atoms with E-state index in [2.05, 4.69) is 15.9 Å². The van der Waals surface area contributed by atoms with Gasteiger partial charge in [0.25, 0.3) is 0 Å². The molecule has 6 heteroatoms. The summed E-state index contributed by atoms with van der Waals surface area (Å²) in [6, 6.07) is 4.10. The Bertz CT molecular complexity index is 438. The van der Waals surface area contributed by atoms with Gasteiger partial charge in [-0.1, -0.05) is 22.0 Å². The second kappa shape index (κ2) is 6.26. The zero-order chi connectivity index (χ0) is 13.8. The zero-order valence-corrected chi connectivity index (χ0v) is 11.4. The molecule has 0 aliphatic heterocycles. The molecule has 1 aromatic carbocycles. The molecular weight excluding hydrogens is 307 g/mol. The van der Waals surface area contributed by atoms with Crippen LogP contribution < -0.4 is 0 Å². The molecule has 0 heterocycles. The first-order valence-corrected chi connectivity index (χ1v) is 6.15. The number of carboxylic acid groups (broad SMARTS) is 1. The lowest BCUT2D eigenvalue weighted by Crippen LogP contribution is -2.37. The van der Waals surface area contributed by atoms with E-state index in [1.54, 1.807) is 6.07 Å². The number of carboxylic acids is 1. The molecule has 0 aliphatic rings. The van der Waals surface area contributed by atoms with E-state index in [9.17, 15) is 14.3 Å². The van der Waals surface area contributed by atoms with Crippen molar-refractivity contribution in [2.75, 3.05) is 13.2 Å². The molecule has 0 saturated carbocycles. The maximum atomic E-state index is 13.8. The largest absolute Gasteiger partial charge is 0.479 e. The van der Waals surface area contributed by atoms with E-state index in [1.807, 2.05) is 0 Å². The molecule has 0 aromatic heterocycles. The quantitative estimate of drug-likeness (QED) is 0.789. The standard InChI is InChI=1S/C12H14BrFO4/c1-12(11(16)17,18-6-2-5-15)9-4-3-8(13)7-10(9)14/h3-4,7,15H,2,5-6H2,1H3,(H,16,17). The van der Waals surface area contributed by atoms with Crippen molar-refractivity contribution in [3.63, 3.8) is 0 Å². The summed E-state index contributed by atoms with van der Waals surface area (Å²) < 4.78 is 19.5. The zero-order valence-electron chi connectivity index (χ0n) is 9.82. The minimum Gasteiger partial charge on any atom is -0.479 e. The van der Waals surface area contributed by atoms with Crippen molar-refractivity contribution in [3.05, 3.63) is 34.1 Å². The summed E-state index contributed by atoms with van der Waals surface area (Å²) in [7, 11) is 0. The van der Waals surface area contributed by atoms with Gasteiger partial charge < -0.3 is 14.9 Å². The molecule has 0 aliphatic carbocycles. The number of halogens is 2. The number of ether oxygens (including phenoxy) is 1. The SMILES string of the molecule is CC(OCCCO)(C(=O)O)c1ccc(Br)cc1F. The minimum atomic E-state index is -1.76. The van der Waals surface area contributed by atoms with Gasteiger partial charge in [0.15, 0.2) is 5.60 Å². The molecule has 2 N–H and O–H groups in total. The van der Waals surface area contributed by atoms with Crippen LogP contribution in [0.1, 0.15) is 18.9 Å². The van der Waals surface area contributed by atoms with Gasteiger partial charge in [-0.05, 0) is 25.5 Å². The average molecular weight is 321 g/mol. The van der Waals surface area contributed by atoms with Gasteiger partial charge in [0.1, 0.15) is 5.82 Å². The maximum Gasteiger partial charge on any atom is 0.340 e. The third kappa shape index (κ3) is 3.28. The number of aliphatic hydroxyl groups excluding tert-OH is 1. The van der Waals surface area contributed by atoms with Gasteiger partial charge >= 0.3 is 5.97 Å². The first-order chi connectivity index (χ1) is 8.41. The Labute approximate surface area is 113 Å². The van der Waals surface area contributed by atoms with Gasteiger partial charge in [-0.2, -0.15) is 0 Å². The van der Waals surface area contributed by atoms with Crippen LogP contribution in [0.2, 0.25) is 0 Å². The Kier molecular flexibility index (Phi) is 5.25. The van der Waals surface area contributed by atoms with Crippen molar-refractivity contribution in [3.8, 4) is 0 Å². The Hall–Kier alpha value is -0.980. The molecule has 0 saturated heterocycles. The molecule has 1 unspecified atom stereocenters. The van der Waals surface area contributed by atoms with E-state index in [0.717, 1.165) is 0 Å². The fourth-order valence-electron chi connectivity index (χ4n) is 1.47. The average Bonchev–Trinajstić information content (AvgIpc) is 2.28. The number of hydrogen-bond donors (Lipinski definition) is 2. The number of rotatable bonds is 6. The predicted octanol–water partition coefficient (Wildman–Crippen LogP) is 2.29. The molecule has 100 valence electrons. The Balaban J connectivity index is 3.06. The number of hydrogen-bond acceptors (Lipinski definition) is 3. The summed E-state index contributed by atoms with van der Waals surface area (Å²) in [5, 5.41) is 17.9. The van der Waals surface area contributed by atoms with Crippen LogP contribution in [0.3, 0.4) is 0 Å². The highest BCUT2D eigenvalue weighted by atomic mass is 79.9. The number of benzene rings is 1. The summed E-state index contributed by atoms with van der Waals surface area (Å²) in [4.78, 5) is 11.3. The molecule has 1 rings (SSSR count). The Morgan fingerprint density at radius 1 is 1.56 bits per heavy atom. The van der Waals surface area contributed by atoms with Crippen LogP contribution in [0.25, 0.3) is 0 Å². The fraction of sp³-hybridized carbons (Fsp3) is 0.417. The molecule has 1 atom stereocenters. The highest BCUT2D eigenvalue weighted by Gasteiger charge is 2.38. The van der Waals surface area contributed by atoms with Crippen molar-refractivity contribution >= 4 is 21.9 Å². The summed E-state index contributed by atoms with van der Waals surface area (Å²) >= 11 is 3.10. The number of aliphatic carboxylic acids is 1. The van der Waals surface area contributed by atoms with Crippen LogP contribution in [0.15, 0.2) is 22.7 Å². The molecule has 0 radical (unpaired) electrons. The first-order valence-electron chi connectivity index (χ1n) is 5.35. The molecule has 18 heavy (non-hydrogen) atoms. The minimum absolute atomic E-state index is 0.0365. The van der Waals surface area contributed by atoms with Gasteiger partial charge in [-0.15, -0.1) is 0 Å². The summed E-state index contributed by atoms with van der Waals surface area (Å²) in [5.74, 6) is -1.93. The van der Waals surface area contributed by atoms with Crippen LogP contribution in [0, 0.1) is 5.82 Å². The van der Waals surface area contributed by atoms with Gasteiger partial charge in [0, 0.05) is 16.6 Å². The van der Waals surface area contributed by atoms with E-state index in [4.69, 9.17) is 9.84 Å². The second-order valence-corrected chi connectivity index (χ2v) is 4.80. The smallest absolute Gasteiger partial charge is 0.340 e. The van der Waals surface area contributed by atoms with Crippen molar-refractivity contribution < 1.29 is 24.1 Å². The third-order valence-corrected chi connectivity index (χ3v) is 3.04. The molecule has 0 fully saturated rings. The normalized spacial score (nSPS) is 14.2. The van der Waals surface area contributed by atoms with Crippen LogP contribution in [-0.2, 0) is 15.1 Å². The van der Waals surface area contributed by atoms with Crippen molar-refractivity contribution in [1.82, 2.24) is 0 Å². The Morgan fingerprint density at radius 2 is 2.22 bits per heavy atom. The molecule has 0 bridgehead atoms. The lowest BCUT2D eigenvalue weighted by molar-refractivity contribution is -0.166. The summed E-state index contributed by atoms with van der Waals surface area (Å²) in [6.45, 7) is 1.21. The summed E-state index contributed by atoms with van der Waals surface area (Å²) in [6.07, 6.45) is 0.293. The van der Waals surface area contributed by atoms with Crippen molar-refractivity contribution in [2.45, 2.75) is 18.9 Å². The van der Waals surface area contributed by atoms with Gasteiger partial charge in [-0.3, -0.25) is 0 Å². The summed E-state index contributed by atoms with van der Waals surface area (Å²) in [5.41, 5.74) is -1.81.